The fourth-order valence-corrected chi connectivity index (χ4v) is 3.50. The highest BCUT2D eigenvalue weighted by Gasteiger charge is 2.19. The minimum Gasteiger partial charge on any atom is -0.339 e. The molecule has 6 nitrogen and oxygen atoms in total. The van der Waals surface area contributed by atoms with Gasteiger partial charge in [0.25, 0.3) is 0 Å². The van der Waals surface area contributed by atoms with Crippen LogP contribution in [0.1, 0.15) is 37.9 Å². The topological polar surface area (TPSA) is 85.1 Å². The number of aromatic nitrogens is 2. The Labute approximate surface area is 142 Å². The van der Waals surface area contributed by atoms with Crippen LogP contribution in [0.4, 0.5) is 4.39 Å². The number of hydrogen-bond donors (Lipinski definition) is 1. The molecule has 0 aliphatic carbocycles. The van der Waals surface area contributed by atoms with E-state index in [0.717, 1.165) is 6.07 Å². The van der Waals surface area contributed by atoms with E-state index in [1.807, 2.05) is 13.8 Å². The average Bonchev–Trinajstić information content (AvgIpc) is 2.95. The molecular weight excluding hydrogens is 389 g/mol. The predicted molar refractivity (Wildman–Crippen MR) is 86.0 cm³/mol. The van der Waals surface area contributed by atoms with Crippen LogP contribution in [0.2, 0.25) is 0 Å². The van der Waals surface area contributed by atoms with Crippen LogP contribution < -0.4 is 4.72 Å². The molecule has 0 atom stereocenters. The SMILES string of the molecule is CC(C)c1noc(CCCNS(=O)(=O)c2cc(Br)ccc2F)n1. The Balaban J connectivity index is 1.91. The zero-order valence-electron chi connectivity index (χ0n) is 12.7. The lowest BCUT2D eigenvalue weighted by molar-refractivity contribution is 0.368. The molecule has 0 aliphatic rings. The van der Waals surface area contributed by atoms with E-state index in [-0.39, 0.29) is 17.4 Å². The lowest BCUT2D eigenvalue weighted by Crippen LogP contribution is -2.26. The van der Waals surface area contributed by atoms with Gasteiger partial charge in [0.05, 0.1) is 0 Å². The summed E-state index contributed by atoms with van der Waals surface area (Å²) in [7, 11) is -3.90. The monoisotopic (exact) mass is 405 g/mol. The molecule has 23 heavy (non-hydrogen) atoms. The summed E-state index contributed by atoms with van der Waals surface area (Å²) in [6.45, 7) is 4.05. The van der Waals surface area contributed by atoms with E-state index in [1.165, 1.54) is 12.1 Å². The van der Waals surface area contributed by atoms with Crippen molar-refractivity contribution in [2.24, 2.45) is 0 Å². The van der Waals surface area contributed by atoms with Crippen LogP contribution in [0, 0.1) is 5.82 Å². The van der Waals surface area contributed by atoms with Gasteiger partial charge in [-0.1, -0.05) is 34.9 Å². The Morgan fingerprint density at radius 3 is 2.78 bits per heavy atom. The number of nitrogens with zero attached hydrogens (tertiary/aromatic N) is 2. The molecule has 0 unspecified atom stereocenters. The largest absolute Gasteiger partial charge is 0.339 e. The second kappa shape index (κ2) is 7.50. The first kappa shape index (κ1) is 18.0. The van der Waals surface area contributed by atoms with Gasteiger partial charge in [0.15, 0.2) is 5.82 Å². The van der Waals surface area contributed by atoms with Crippen molar-refractivity contribution >= 4 is 26.0 Å². The van der Waals surface area contributed by atoms with Crippen LogP contribution in [0.15, 0.2) is 32.1 Å². The van der Waals surface area contributed by atoms with Crippen molar-refractivity contribution in [2.45, 2.75) is 37.5 Å². The Bertz CT molecular complexity index is 777. The average molecular weight is 406 g/mol. The molecule has 0 amide bonds. The fraction of sp³-hybridized carbons (Fsp3) is 0.429. The Morgan fingerprint density at radius 1 is 1.39 bits per heavy atom. The molecule has 2 aromatic rings. The van der Waals surface area contributed by atoms with E-state index >= 15 is 0 Å². The molecule has 9 heteroatoms. The van der Waals surface area contributed by atoms with Crippen molar-refractivity contribution in [1.29, 1.82) is 0 Å². The van der Waals surface area contributed by atoms with Crippen LogP contribution in [0.25, 0.3) is 0 Å². The Morgan fingerprint density at radius 2 is 2.13 bits per heavy atom. The molecule has 0 fully saturated rings. The Kier molecular flexibility index (Phi) is 5.88. The number of sulfonamides is 1. The lowest BCUT2D eigenvalue weighted by atomic mass is 10.2. The molecule has 0 radical (unpaired) electrons. The third kappa shape index (κ3) is 4.82. The van der Waals surface area contributed by atoms with Gasteiger partial charge in [-0.25, -0.2) is 17.5 Å². The zero-order valence-corrected chi connectivity index (χ0v) is 15.1. The minimum atomic E-state index is -3.90. The van der Waals surface area contributed by atoms with Crippen LogP contribution in [0.5, 0.6) is 0 Å². The third-order valence-corrected chi connectivity index (χ3v) is 5.01. The van der Waals surface area contributed by atoms with Crippen molar-refractivity contribution in [3.8, 4) is 0 Å². The zero-order chi connectivity index (χ0) is 17.0. The van der Waals surface area contributed by atoms with Gasteiger partial charge in [-0.15, -0.1) is 0 Å². The van der Waals surface area contributed by atoms with Crippen molar-refractivity contribution in [3.05, 3.63) is 40.2 Å². The second-order valence-corrected chi connectivity index (χ2v) is 7.93. The van der Waals surface area contributed by atoms with E-state index in [2.05, 4.69) is 30.8 Å². The normalized spacial score (nSPS) is 12.0. The van der Waals surface area contributed by atoms with Gasteiger partial charge in [-0.3, -0.25) is 0 Å². The molecular formula is C14H17BrFN3O3S. The number of nitrogens with one attached hydrogen (secondary N) is 1. The smallest absolute Gasteiger partial charge is 0.243 e. The summed E-state index contributed by atoms with van der Waals surface area (Å²) in [6.07, 6.45) is 0.914. The van der Waals surface area contributed by atoms with Gasteiger partial charge in [-0.05, 0) is 24.6 Å². The van der Waals surface area contributed by atoms with E-state index in [1.54, 1.807) is 0 Å². The van der Waals surface area contributed by atoms with Gasteiger partial charge in [-0.2, -0.15) is 4.98 Å². The number of hydrogen-bond acceptors (Lipinski definition) is 5. The third-order valence-electron chi connectivity index (χ3n) is 3.04. The van der Waals surface area contributed by atoms with Gasteiger partial charge < -0.3 is 4.52 Å². The van der Waals surface area contributed by atoms with Gasteiger partial charge in [0, 0.05) is 23.4 Å². The van der Waals surface area contributed by atoms with Gasteiger partial charge in [0.2, 0.25) is 15.9 Å². The fourth-order valence-electron chi connectivity index (χ4n) is 1.81. The molecule has 1 heterocycles. The summed E-state index contributed by atoms with van der Waals surface area (Å²) in [5, 5.41) is 3.83. The molecule has 0 saturated carbocycles. The first-order valence-corrected chi connectivity index (χ1v) is 9.34. The second-order valence-electron chi connectivity index (χ2n) is 5.28. The standard InChI is InChI=1S/C14H17BrFN3O3S/c1-9(2)14-18-13(22-19-14)4-3-7-17-23(20,21)12-8-10(15)5-6-11(12)16/h5-6,8-9,17H,3-4,7H2,1-2H3. The highest BCUT2D eigenvalue weighted by atomic mass is 79.9. The number of halogens is 2. The molecule has 1 N–H and O–H groups in total. The number of benzene rings is 1. The van der Waals surface area contributed by atoms with Crippen LogP contribution in [-0.2, 0) is 16.4 Å². The van der Waals surface area contributed by atoms with Crippen molar-refractivity contribution in [3.63, 3.8) is 0 Å². The maximum atomic E-state index is 13.6. The van der Waals surface area contributed by atoms with Crippen LogP contribution in [-0.4, -0.2) is 25.1 Å². The van der Waals surface area contributed by atoms with E-state index in [0.29, 0.717) is 29.0 Å². The number of rotatable bonds is 7. The molecule has 0 saturated heterocycles. The van der Waals surface area contributed by atoms with Crippen molar-refractivity contribution in [2.75, 3.05) is 6.54 Å². The lowest BCUT2D eigenvalue weighted by Gasteiger charge is -2.07. The molecule has 0 spiro atoms. The van der Waals surface area contributed by atoms with Gasteiger partial charge >= 0.3 is 0 Å². The highest BCUT2D eigenvalue weighted by molar-refractivity contribution is 9.10. The quantitative estimate of drug-likeness (QED) is 0.715. The van der Waals surface area contributed by atoms with Crippen LogP contribution >= 0.6 is 15.9 Å². The van der Waals surface area contributed by atoms with E-state index in [4.69, 9.17) is 4.52 Å². The molecule has 1 aromatic carbocycles. The maximum Gasteiger partial charge on any atom is 0.243 e. The highest BCUT2D eigenvalue weighted by Crippen LogP contribution is 2.19. The predicted octanol–water partition coefficient (Wildman–Crippen LogP) is 3.01. The summed E-state index contributed by atoms with van der Waals surface area (Å²) in [5.74, 6) is 0.461. The number of aryl methyl sites for hydroxylation is 1. The summed E-state index contributed by atoms with van der Waals surface area (Å²) in [4.78, 5) is 3.82. The van der Waals surface area contributed by atoms with Gasteiger partial charge in [0.1, 0.15) is 10.7 Å². The first-order valence-electron chi connectivity index (χ1n) is 7.07. The Hall–Kier alpha value is -1.32. The molecule has 0 bridgehead atoms. The maximum absolute atomic E-state index is 13.6. The van der Waals surface area contributed by atoms with E-state index < -0.39 is 15.8 Å². The van der Waals surface area contributed by atoms with Crippen molar-refractivity contribution in [1.82, 2.24) is 14.9 Å². The van der Waals surface area contributed by atoms with Crippen LogP contribution in [0.3, 0.4) is 0 Å². The first-order chi connectivity index (χ1) is 10.8. The minimum absolute atomic E-state index is 0.147. The molecule has 0 aliphatic heterocycles. The summed E-state index contributed by atoms with van der Waals surface area (Å²) < 4.78 is 45.7. The summed E-state index contributed by atoms with van der Waals surface area (Å²) in [6, 6.07) is 3.77. The molecule has 1 aromatic heterocycles. The molecule has 126 valence electrons. The summed E-state index contributed by atoms with van der Waals surface area (Å²) >= 11 is 3.13. The summed E-state index contributed by atoms with van der Waals surface area (Å²) in [5.41, 5.74) is 0. The van der Waals surface area contributed by atoms with E-state index in [9.17, 15) is 12.8 Å². The molecule has 2 rings (SSSR count). The van der Waals surface area contributed by atoms with Crippen molar-refractivity contribution < 1.29 is 17.3 Å².